The van der Waals surface area contributed by atoms with Crippen LogP contribution in [0.25, 0.3) is 6.08 Å². The highest BCUT2D eigenvalue weighted by atomic mass is 17.4. The van der Waals surface area contributed by atoms with Gasteiger partial charge in [-0.25, -0.2) is 0 Å². The third-order valence-electron chi connectivity index (χ3n) is 7.79. The van der Waals surface area contributed by atoms with Crippen molar-refractivity contribution >= 4 is 11.8 Å². The van der Waals surface area contributed by atoms with Crippen molar-refractivity contribution in [1.29, 1.82) is 0 Å². The first-order valence-corrected chi connectivity index (χ1v) is 13.3. The molecule has 0 aliphatic carbocycles. The van der Waals surface area contributed by atoms with Gasteiger partial charge in [0.05, 0.1) is 20.1 Å². The highest BCUT2D eigenvalue weighted by Gasteiger charge is 2.67. The summed E-state index contributed by atoms with van der Waals surface area (Å²) in [5.41, 5.74) is 4.78. The monoisotopic (exact) mass is 543 g/mol. The second-order valence-corrected chi connectivity index (χ2v) is 10.9. The molecule has 1 saturated heterocycles. The first kappa shape index (κ1) is 27.9. The SMILES string of the molecule is C=Cc1ccc(C)cc1C1(C)N(c2ccc(OC)cc2)C(C)=CC(c2ccc(OC)cc2)C12OOC(C)(C)OO2. The van der Waals surface area contributed by atoms with Crippen molar-refractivity contribution in [3.05, 3.63) is 107 Å². The Bertz CT molecular complexity index is 1400. The van der Waals surface area contributed by atoms with Gasteiger partial charge >= 0.3 is 0 Å². The fourth-order valence-electron chi connectivity index (χ4n) is 5.75. The van der Waals surface area contributed by atoms with E-state index in [2.05, 4.69) is 56.5 Å². The third-order valence-corrected chi connectivity index (χ3v) is 7.79. The van der Waals surface area contributed by atoms with E-state index in [0.29, 0.717) is 0 Å². The zero-order valence-corrected chi connectivity index (χ0v) is 24.2. The molecule has 2 heterocycles. The number of ether oxygens (including phenoxy) is 2. The average Bonchev–Trinajstić information content (AvgIpc) is 2.96. The number of rotatable bonds is 6. The number of methoxy groups -OCH3 is 2. The summed E-state index contributed by atoms with van der Waals surface area (Å²) < 4.78 is 10.9. The topological polar surface area (TPSA) is 58.6 Å². The fourth-order valence-corrected chi connectivity index (χ4v) is 5.75. The van der Waals surface area contributed by atoms with Crippen LogP contribution in [0.3, 0.4) is 0 Å². The number of aryl methyl sites for hydroxylation is 1. The molecule has 3 aromatic rings. The minimum atomic E-state index is -1.50. The van der Waals surface area contributed by atoms with Gasteiger partial charge in [-0.1, -0.05) is 54.6 Å². The summed E-state index contributed by atoms with van der Waals surface area (Å²) in [6, 6.07) is 22.1. The summed E-state index contributed by atoms with van der Waals surface area (Å²) in [4.78, 5) is 27.1. The summed E-state index contributed by atoms with van der Waals surface area (Å²) in [6.45, 7) is 13.9. The lowest BCUT2D eigenvalue weighted by atomic mass is 9.68. The van der Waals surface area contributed by atoms with E-state index in [1.54, 1.807) is 28.1 Å². The van der Waals surface area contributed by atoms with Crippen molar-refractivity contribution in [2.24, 2.45) is 0 Å². The molecule has 1 spiro atoms. The van der Waals surface area contributed by atoms with Crippen LogP contribution >= 0.6 is 0 Å². The smallest absolute Gasteiger partial charge is 0.271 e. The lowest BCUT2D eigenvalue weighted by Gasteiger charge is -2.59. The van der Waals surface area contributed by atoms with Gasteiger partial charge in [-0.2, -0.15) is 19.6 Å². The normalized spacial score (nSPS) is 23.4. The minimum absolute atomic E-state index is 0.438. The number of anilines is 1. The van der Waals surface area contributed by atoms with E-state index >= 15 is 0 Å². The first-order valence-electron chi connectivity index (χ1n) is 13.3. The van der Waals surface area contributed by atoms with E-state index < -0.39 is 23.0 Å². The van der Waals surface area contributed by atoms with Crippen LogP contribution < -0.4 is 14.4 Å². The van der Waals surface area contributed by atoms with Crippen LogP contribution in [0.5, 0.6) is 11.5 Å². The van der Waals surface area contributed by atoms with Crippen molar-refractivity contribution < 1.29 is 29.0 Å². The molecule has 0 N–H and O–H groups in total. The maximum Gasteiger partial charge on any atom is 0.271 e. The molecule has 2 unspecified atom stereocenters. The van der Waals surface area contributed by atoms with Gasteiger partial charge in [0.1, 0.15) is 17.0 Å². The second kappa shape index (κ2) is 10.4. The van der Waals surface area contributed by atoms with Crippen molar-refractivity contribution in [3.8, 4) is 11.5 Å². The lowest BCUT2D eigenvalue weighted by molar-refractivity contribution is -0.662. The van der Waals surface area contributed by atoms with Gasteiger partial charge in [-0.3, -0.25) is 0 Å². The second-order valence-electron chi connectivity index (χ2n) is 10.9. The quantitative estimate of drug-likeness (QED) is 0.300. The average molecular weight is 544 g/mol. The van der Waals surface area contributed by atoms with Crippen LogP contribution in [0, 0.1) is 6.92 Å². The molecule has 2 aliphatic rings. The molecule has 0 amide bonds. The Kier molecular flexibility index (Phi) is 7.27. The molecule has 1 fully saturated rings. The van der Waals surface area contributed by atoms with E-state index in [1.165, 1.54) is 0 Å². The van der Waals surface area contributed by atoms with Gasteiger partial charge < -0.3 is 14.4 Å². The molecule has 5 rings (SSSR count). The van der Waals surface area contributed by atoms with Crippen LogP contribution in [0.1, 0.15) is 55.9 Å². The Morgan fingerprint density at radius 1 is 0.800 bits per heavy atom. The summed E-state index contributed by atoms with van der Waals surface area (Å²) in [5.74, 6) is -1.54. The molecule has 0 bridgehead atoms. The van der Waals surface area contributed by atoms with Gasteiger partial charge in [0.15, 0.2) is 0 Å². The lowest BCUT2D eigenvalue weighted by Crippen LogP contribution is -2.69. The van der Waals surface area contributed by atoms with E-state index in [9.17, 15) is 0 Å². The molecule has 3 aromatic carbocycles. The first-order chi connectivity index (χ1) is 19.1. The Labute approximate surface area is 236 Å². The summed E-state index contributed by atoms with van der Waals surface area (Å²) >= 11 is 0. The maximum atomic E-state index is 6.48. The van der Waals surface area contributed by atoms with Crippen LogP contribution in [-0.4, -0.2) is 25.8 Å². The summed E-state index contributed by atoms with van der Waals surface area (Å²) in [6.07, 6.45) is 3.98. The standard InChI is InChI=1S/C33H37NO6/c1-9-24-11-10-22(2)20-29(24)32(6)33(39-37-31(4,5)38-40-33)30(25-12-16-27(35-7)17-13-25)21-23(3)34(32)26-14-18-28(36-8)19-15-26/h9-21,30H,1H2,2-8H3. The Balaban J connectivity index is 1.84. The predicted octanol–water partition coefficient (Wildman–Crippen LogP) is 7.42. The number of nitrogens with zero attached hydrogens (tertiary/aromatic N) is 1. The van der Waals surface area contributed by atoms with Gasteiger partial charge in [0.25, 0.3) is 5.79 Å². The number of allylic oxidation sites excluding steroid dienone is 1. The van der Waals surface area contributed by atoms with Gasteiger partial charge in [-0.15, -0.1) is 0 Å². The molecular weight excluding hydrogens is 506 g/mol. The van der Waals surface area contributed by atoms with E-state index in [-0.39, 0.29) is 0 Å². The van der Waals surface area contributed by atoms with Crippen molar-refractivity contribution in [3.63, 3.8) is 0 Å². The highest BCUT2D eigenvalue weighted by molar-refractivity contribution is 5.66. The molecule has 210 valence electrons. The summed E-state index contributed by atoms with van der Waals surface area (Å²) in [7, 11) is 3.31. The van der Waals surface area contributed by atoms with Gasteiger partial charge in [0.2, 0.25) is 5.79 Å². The molecule has 7 heteroatoms. The van der Waals surface area contributed by atoms with Gasteiger partial charge in [-0.05, 0) is 87.7 Å². The predicted molar refractivity (Wildman–Crippen MR) is 155 cm³/mol. The molecule has 2 atom stereocenters. The largest absolute Gasteiger partial charge is 0.497 e. The molecule has 7 nitrogen and oxygen atoms in total. The van der Waals surface area contributed by atoms with Gasteiger partial charge in [0, 0.05) is 11.4 Å². The molecule has 0 radical (unpaired) electrons. The third kappa shape index (κ3) is 4.49. The molecule has 2 aliphatic heterocycles. The fraction of sp³-hybridized carbons (Fsp3) is 0.333. The van der Waals surface area contributed by atoms with E-state index in [1.807, 2.05) is 54.6 Å². The molecular formula is C33H37NO6. The van der Waals surface area contributed by atoms with Crippen LogP contribution in [-0.2, 0) is 25.1 Å². The molecule has 40 heavy (non-hydrogen) atoms. The van der Waals surface area contributed by atoms with Crippen molar-refractivity contribution in [2.75, 3.05) is 19.1 Å². The molecule has 0 aromatic heterocycles. The minimum Gasteiger partial charge on any atom is -0.497 e. The molecule has 0 saturated carbocycles. The number of hydrogen-bond donors (Lipinski definition) is 0. The van der Waals surface area contributed by atoms with Crippen molar-refractivity contribution in [1.82, 2.24) is 0 Å². The highest BCUT2D eigenvalue weighted by Crippen LogP contribution is 2.58. The maximum absolute atomic E-state index is 6.48. The van der Waals surface area contributed by atoms with Crippen LogP contribution in [0.2, 0.25) is 0 Å². The van der Waals surface area contributed by atoms with E-state index in [0.717, 1.165) is 45.1 Å². The number of benzene rings is 3. The van der Waals surface area contributed by atoms with Crippen molar-refractivity contribution in [2.45, 2.75) is 57.6 Å². The van der Waals surface area contributed by atoms with E-state index in [4.69, 9.17) is 29.0 Å². The summed E-state index contributed by atoms with van der Waals surface area (Å²) in [5, 5.41) is 0. The zero-order valence-electron chi connectivity index (χ0n) is 24.2. The Hall–Kier alpha value is -3.62. The number of hydrogen-bond acceptors (Lipinski definition) is 7. The Morgan fingerprint density at radius 2 is 1.38 bits per heavy atom. The van der Waals surface area contributed by atoms with Crippen LogP contribution in [0.15, 0.2) is 85.1 Å². The van der Waals surface area contributed by atoms with Crippen LogP contribution in [0.4, 0.5) is 5.69 Å². The Morgan fingerprint density at radius 3 is 1.93 bits per heavy atom. The zero-order chi connectivity index (χ0) is 28.7.